The van der Waals surface area contributed by atoms with Gasteiger partial charge in [0.05, 0.1) is 12.5 Å². The second kappa shape index (κ2) is 4.87. The Morgan fingerprint density at radius 3 is 2.47 bits per heavy atom. The van der Waals surface area contributed by atoms with Crippen LogP contribution in [-0.2, 0) is 14.9 Å². The Kier molecular flexibility index (Phi) is 3.57. The highest BCUT2D eigenvalue weighted by Gasteiger charge is 2.50. The molecule has 0 heterocycles. The maximum Gasteiger partial charge on any atom is 0.313 e. The van der Waals surface area contributed by atoms with Crippen LogP contribution in [0, 0.1) is 5.41 Å². The van der Waals surface area contributed by atoms with Crippen LogP contribution in [0.25, 0.3) is 0 Å². The van der Waals surface area contributed by atoms with Crippen molar-refractivity contribution in [2.24, 2.45) is 5.41 Å². The Bertz CT molecular complexity index is 470. The number of rotatable bonds is 4. The largest absolute Gasteiger partial charge is 0.469 e. The second-order valence-electron chi connectivity index (χ2n) is 6.42. The molecule has 0 saturated heterocycles. The summed E-state index contributed by atoms with van der Waals surface area (Å²) in [5, 5.41) is 3.44. The molecule has 1 fully saturated rings. The fourth-order valence-electron chi connectivity index (χ4n) is 2.38. The first-order valence-corrected chi connectivity index (χ1v) is 6.81. The van der Waals surface area contributed by atoms with Crippen molar-refractivity contribution < 1.29 is 9.53 Å². The van der Waals surface area contributed by atoms with Crippen molar-refractivity contribution >= 4 is 11.7 Å². The van der Waals surface area contributed by atoms with Crippen LogP contribution in [0.2, 0.25) is 0 Å². The average molecular weight is 261 g/mol. The van der Waals surface area contributed by atoms with Gasteiger partial charge in [-0.2, -0.15) is 0 Å². The number of ether oxygens (including phenoxy) is 1. The highest BCUT2D eigenvalue weighted by Crippen LogP contribution is 2.47. The molecule has 104 valence electrons. The van der Waals surface area contributed by atoms with E-state index in [1.807, 2.05) is 6.07 Å². The number of carbonyl (C=O) groups excluding carboxylic acids is 1. The predicted octanol–water partition coefficient (Wildman–Crippen LogP) is 3.35. The maximum atomic E-state index is 11.7. The normalized spacial score (nSPS) is 16.8. The minimum Gasteiger partial charge on any atom is -0.469 e. The summed E-state index contributed by atoms with van der Waals surface area (Å²) in [6, 6.07) is 8.29. The molecule has 0 radical (unpaired) electrons. The van der Waals surface area contributed by atoms with E-state index < -0.39 is 0 Å². The van der Waals surface area contributed by atoms with Gasteiger partial charge in [-0.1, -0.05) is 39.0 Å². The smallest absolute Gasteiger partial charge is 0.313 e. The van der Waals surface area contributed by atoms with Gasteiger partial charge < -0.3 is 10.1 Å². The van der Waals surface area contributed by atoms with Crippen molar-refractivity contribution in [2.75, 3.05) is 19.0 Å². The molecule has 1 aromatic rings. The maximum absolute atomic E-state index is 11.7. The molecule has 3 nitrogen and oxygen atoms in total. The fraction of sp³-hybridized carbons (Fsp3) is 0.562. The molecule has 3 heteroatoms. The van der Waals surface area contributed by atoms with Crippen LogP contribution in [0.15, 0.2) is 24.3 Å². The summed E-state index contributed by atoms with van der Waals surface area (Å²) < 4.78 is 4.88. The molecule has 0 amide bonds. The lowest BCUT2D eigenvalue weighted by molar-refractivity contribution is -0.146. The molecule has 2 rings (SSSR count). The lowest BCUT2D eigenvalue weighted by Crippen LogP contribution is -2.27. The summed E-state index contributed by atoms with van der Waals surface area (Å²) in [6.45, 7) is 7.24. The van der Waals surface area contributed by atoms with Crippen LogP contribution in [0.1, 0.15) is 39.2 Å². The number of benzene rings is 1. The van der Waals surface area contributed by atoms with Crippen molar-refractivity contribution in [1.82, 2.24) is 0 Å². The Morgan fingerprint density at radius 1 is 1.32 bits per heavy atom. The van der Waals surface area contributed by atoms with Crippen molar-refractivity contribution in [1.29, 1.82) is 0 Å². The molecular weight excluding hydrogens is 238 g/mol. The summed E-state index contributed by atoms with van der Waals surface area (Å²) in [7, 11) is 1.46. The molecule has 1 saturated carbocycles. The number of methoxy groups -OCH3 is 1. The number of carbonyl (C=O) groups is 1. The molecular formula is C16H23NO2. The van der Waals surface area contributed by atoms with E-state index in [0.717, 1.165) is 18.5 Å². The van der Waals surface area contributed by atoms with Gasteiger partial charge in [-0.25, -0.2) is 0 Å². The van der Waals surface area contributed by atoms with E-state index in [1.54, 1.807) is 0 Å². The third-order valence-corrected chi connectivity index (χ3v) is 3.82. The van der Waals surface area contributed by atoms with E-state index in [1.165, 1.54) is 12.7 Å². The topological polar surface area (TPSA) is 38.3 Å². The lowest BCUT2D eigenvalue weighted by atomic mass is 9.85. The standard InChI is InChI=1S/C16H23NO2/c1-15(2,3)12-7-5-6-8-13(12)17-11-16(9-10-16)14(18)19-4/h5-8,17H,9-11H2,1-4H3. The van der Waals surface area contributed by atoms with Crippen molar-refractivity contribution in [3.8, 4) is 0 Å². The van der Waals surface area contributed by atoms with E-state index in [-0.39, 0.29) is 16.8 Å². The number of hydrogen-bond acceptors (Lipinski definition) is 3. The van der Waals surface area contributed by atoms with Gasteiger partial charge in [0.15, 0.2) is 0 Å². The van der Waals surface area contributed by atoms with Gasteiger partial charge in [0.25, 0.3) is 0 Å². The molecule has 0 atom stereocenters. The van der Waals surface area contributed by atoms with Crippen molar-refractivity contribution in [2.45, 2.75) is 39.0 Å². The Balaban J connectivity index is 2.11. The summed E-state index contributed by atoms with van der Waals surface area (Å²) in [4.78, 5) is 11.7. The zero-order chi connectivity index (χ0) is 14.1. The third-order valence-electron chi connectivity index (χ3n) is 3.82. The number of anilines is 1. The van der Waals surface area contributed by atoms with Crippen molar-refractivity contribution in [3.05, 3.63) is 29.8 Å². The van der Waals surface area contributed by atoms with E-state index in [0.29, 0.717) is 6.54 Å². The van der Waals surface area contributed by atoms with Crippen LogP contribution in [0.3, 0.4) is 0 Å². The van der Waals surface area contributed by atoms with Gasteiger partial charge in [-0.05, 0) is 29.9 Å². The number of para-hydroxylation sites is 1. The number of nitrogens with one attached hydrogen (secondary N) is 1. The van der Waals surface area contributed by atoms with E-state index in [2.05, 4.69) is 44.3 Å². The van der Waals surface area contributed by atoms with Crippen LogP contribution in [-0.4, -0.2) is 19.6 Å². The second-order valence-corrected chi connectivity index (χ2v) is 6.42. The van der Waals surface area contributed by atoms with Crippen LogP contribution in [0.5, 0.6) is 0 Å². The van der Waals surface area contributed by atoms with Crippen LogP contribution in [0.4, 0.5) is 5.69 Å². The SMILES string of the molecule is COC(=O)C1(CNc2ccccc2C(C)(C)C)CC1. The first-order chi connectivity index (χ1) is 8.89. The van der Waals surface area contributed by atoms with Crippen LogP contribution >= 0.6 is 0 Å². The predicted molar refractivity (Wildman–Crippen MR) is 77.3 cm³/mol. The summed E-state index contributed by atoms with van der Waals surface area (Å²) in [6.07, 6.45) is 1.84. The molecule has 1 N–H and O–H groups in total. The quantitative estimate of drug-likeness (QED) is 0.845. The minimum atomic E-state index is -0.292. The zero-order valence-corrected chi connectivity index (χ0v) is 12.2. The average Bonchev–Trinajstić information content (AvgIpc) is 3.16. The molecule has 1 aromatic carbocycles. The Morgan fingerprint density at radius 2 is 1.95 bits per heavy atom. The number of esters is 1. The van der Waals surface area contributed by atoms with Gasteiger partial charge in [-0.3, -0.25) is 4.79 Å². The highest BCUT2D eigenvalue weighted by atomic mass is 16.5. The molecule has 1 aliphatic carbocycles. The molecule has 0 aromatic heterocycles. The molecule has 0 aliphatic heterocycles. The monoisotopic (exact) mass is 261 g/mol. The molecule has 0 bridgehead atoms. The first-order valence-electron chi connectivity index (χ1n) is 6.81. The van der Waals surface area contributed by atoms with Gasteiger partial charge in [0.2, 0.25) is 0 Å². The van der Waals surface area contributed by atoms with Crippen molar-refractivity contribution in [3.63, 3.8) is 0 Å². The van der Waals surface area contributed by atoms with E-state index in [9.17, 15) is 4.79 Å². The van der Waals surface area contributed by atoms with E-state index in [4.69, 9.17) is 4.74 Å². The van der Waals surface area contributed by atoms with Gasteiger partial charge in [0.1, 0.15) is 0 Å². The molecule has 0 unspecified atom stereocenters. The first kappa shape index (κ1) is 13.9. The third kappa shape index (κ3) is 2.91. The lowest BCUT2D eigenvalue weighted by Gasteiger charge is -2.24. The van der Waals surface area contributed by atoms with Gasteiger partial charge in [0, 0.05) is 12.2 Å². The van der Waals surface area contributed by atoms with E-state index >= 15 is 0 Å². The highest BCUT2D eigenvalue weighted by molar-refractivity contribution is 5.80. The van der Waals surface area contributed by atoms with Gasteiger partial charge in [-0.15, -0.1) is 0 Å². The van der Waals surface area contributed by atoms with Crippen LogP contribution < -0.4 is 5.32 Å². The molecule has 0 spiro atoms. The summed E-state index contributed by atoms with van der Waals surface area (Å²) in [5.41, 5.74) is 2.19. The molecule has 19 heavy (non-hydrogen) atoms. The van der Waals surface area contributed by atoms with Gasteiger partial charge >= 0.3 is 5.97 Å². The summed E-state index contributed by atoms with van der Waals surface area (Å²) in [5.74, 6) is -0.0896. The number of hydrogen-bond donors (Lipinski definition) is 1. The Labute approximate surface area is 115 Å². The minimum absolute atomic E-state index is 0.0889. The summed E-state index contributed by atoms with van der Waals surface area (Å²) >= 11 is 0. The molecule has 1 aliphatic rings. The zero-order valence-electron chi connectivity index (χ0n) is 12.2. The fourth-order valence-corrected chi connectivity index (χ4v) is 2.38. The Hall–Kier alpha value is -1.51.